The third-order valence-corrected chi connectivity index (χ3v) is 16.5. The predicted molar refractivity (Wildman–Crippen MR) is 142 cm³/mol. The number of halogens is 1. The van der Waals surface area contributed by atoms with Gasteiger partial charge in [-0.2, -0.15) is 0 Å². The maximum absolute atomic E-state index is 14.7. The maximum Gasteiger partial charge on any atom is 0.192 e. The van der Waals surface area contributed by atoms with Crippen LogP contribution in [0, 0.1) is 34.5 Å². The fourth-order valence-electron chi connectivity index (χ4n) is 9.23. The summed E-state index contributed by atoms with van der Waals surface area (Å²) in [6.45, 7) is 22.6. The first kappa shape index (κ1) is 26.4. The van der Waals surface area contributed by atoms with Crippen molar-refractivity contribution in [3.05, 3.63) is 11.4 Å². The lowest BCUT2D eigenvalue weighted by molar-refractivity contribution is -0.181. The zero-order chi connectivity index (χ0) is 25.8. The third-order valence-electron chi connectivity index (χ3n) is 12.0. The number of fused-ring (bicyclic) bond motifs is 8. The Kier molecular flexibility index (Phi) is 6.13. The molecule has 1 aliphatic heterocycles. The summed E-state index contributed by atoms with van der Waals surface area (Å²) in [5.74, 6) is 1.54. The molecular weight excluding hydrogens is 455 g/mol. The van der Waals surface area contributed by atoms with Gasteiger partial charge in [0, 0.05) is 6.10 Å². The zero-order valence-corrected chi connectivity index (χ0v) is 25.1. The first-order valence-electron chi connectivity index (χ1n) is 14.4. The van der Waals surface area contributed by atoms with E-state index in [1.165, 1.54) is 12.8 Å². The molecule has 0 aromatic rings. The van der Waals surface area contributed by atoms with Crippen molar-refractivity contribution in [1.82, 2.24) is 0 Å². The van der Waals surface area contributed by atoms with Gasteiger partial charge in [-0.1, -0.05) is 34.6 Å². The lowest BCUT2D eigenvalue weighted by atomic mass is 9.43. The smallest absolute Gasteiger partial charge is 0.192 e. The highest BCUT2D eigenvalue weighted by molar-refractivity contribution is 6.74. The molecule has 4 unspecified atom stereocenters. The van der Waals surface area contributed by atoms with E-state index in [9.17, 15) is 4.39 Å². The lowest BCUT2D eigenvalue weighted by Gasteiger charge is -2.63. The monoisotopic (exact) mass is 506 g/mol. The van der Waals surface area contributed by atoms with E-state index in [4.69, 9.17) is 13.9 Å². The molecule has 3 nitrogen and oxygen atoms in total. The average Bonchev–Trinajstić information content (AvgIpc) is 3.23. The van der Waals surface area contributed by atoms with E-state index in [0.717, 1.165) is 37.7 Å². The molecule has 5 heteroatoms. The van der Waals surface area contributed by atoms with E-state index >= 15 is 0 Å². The van der Waals surface area contributed by atoms with Crippen molar-refractivity contribution < 1.29 is 18.3 Å². The molecule has 0 radical (unpaired) electrons. The Morgan fingerprint density at radius 2 is 1.60 bits per heavy atom. The number of allylic oxidation sites excluding steroid dienone is 2. The molecule has 35 heavy (non-hydrogen) atoms. The molecule has 1 saturated heterocycles. The molecule has 5 rings (SSSR count). The fourth-order valence-corrected chi connectivity index (χ4v) is 10.6. The van der Waals surface area contributed by atoms with Crippen LogP contribution in [0.1, 0.15) is 100 Å². The molecule has 0 N–H and O–H groups in total. The van der Waals surface area contributed by atoms with Gasteiger partial charge in [0.05, 0.1) is 18.0 Å². The minimum Gasteiger partial charge on any atom is -0.414 e. The van der Waals surface area contributed by atoms with Gasteiger partial charge in [0.2, 0.25) is 0 Å². The van der Waals surface area contributed by atoms with Gasteiger partial charge in [-0.25, -0.2) is 4.39 Å². The molecule has 0 aromatic heterocycles. The van der Waals surface area contributed by atoms with E-state index in [-0.39, 0.29) is 33.9 Å². The molecular formula is C30H51FO3Si. The molecule has 1 heterocycles. The summed E-state index contributed by atoms with van der Waals surface area (Å²) in [7, 11) is -1.83. The first-order chi connectivity index (χ1) is 16.0. The summed E-state index contributed by atoms with van der Waals surface area (Å²) in [6.07, 6.45) is 8.31. The molecule has 4 saturated carbocycles. The van der Waals surface area contributed by atoms with Crippen LogP contribution in [-0.4, -0.2) is 32.4 Å². The standard InChI is InChI=1S/C30H51FO3Si/c1-18(31)20-11-12-21-24-22(14-16-29(20,21)7)30(8)15-13-19(34-35(9,10)27(2,3)4)17-23(30)25-26(24)33-28(5,6)32-25/h19,21-26H,11-17H2,1-10H3/t19-,21?,22?,23?,24?,25+,26+,29+,30+/m0/s1. The van der Waals surface area contributed by atoms with Gasteiger partial charge in [0.25, 0.3) is 0 Å². The van der Waals surface area contributed by atoms with Gasteiger partial charge >= 0.3 is 0 Å². The normalized spacial score (nSPS) is 48.6. The van der Waals surface area contributed by atoms with Crippen molar-refractivity contribution in [3.63, 3.8) is 0 Å². The molecule has 4 aliphatic carbocycles. The van der Waals surface area contributed by atoms with E-state index < -0.39 is 14.1 Å². The Hall–Kier alpha value is -0.233. The maximum atomic E-state index is 14.7. The third kappa shape index (κ3) is 3.96. The minimum atomic E-state index is -1.83. The van der Waals surface area contributed by atoms with Crippen molar-refractivity contribution in [1.29, 1.82) is 0 Å². The Bertz CT molecular complexity index is 887. The summed E-state index contributed by atoms with van der Waals surface area (Å²) >= 11 is 0. The second-order valence-electron chi connectivity index (χ2n) is 15.2. The fraction of sp³-hybridized carbons (Fsp3) is 0.933. The van der Waals surface area contributed by atoms with Crippen LogP contribution in [0.4, 0.5) is 4.39 Å². The Balaban J connectivity index is 1.49. The quantitative estimate of drug-likeness (QED) is 0.352. The molecule has 200 valence electrons. The zero-order valence-electron chi connectivity index (χ0n) is 24.1. The molecule has 0 bridgehead atoms. The minimum absolute atomic E-state index is 0.0213. The van der Waals surface area contributed by atoms with Gasteiger partial charge in [-0.15, -0.1) is 0 Å². The Morgan fingerprint density at radius 3 is 2.23 bits per heavy atom. The van der Waals surface area contributed by atoms with Crippen molar-refractivity contribution in [2.45, 2.75) is 143 Å². The van der Waals surface area contributed by atoms with Crippen LogP contribution in [-0.2, 0) is 13.9 Å². The van der Waals surface area contributed by atoms with Crippen molar-refractivity contribution in [2.75, 3.05) is 0 Å². The molecule has 5 fully saturated rings. The van der Waals surface area contributed by atoms with E-state index in [1.807, 2.05) is 0 Å². The first-order valence-corrected chi connectivity index (χ1v) is 17.3. The highest BCUT2D eigenvalue weighted by atomic mass is 28.4. The van der Waals surface area contributed by atoms with Crippen LogP contribution in [0.15, 0.2) is 11.4 Å². The number of hydrogen-bond donors (Lipinski definition) is 0. The van der Waals surface area contributed by atoms with Gasteiger partial charge in [-0.3, -0.25) is 0 Å². The van der Waals surface area contributed by atoms with Crippen LogP contribution in [0.5, 0.6) is 0 Å². The van der Waals surface area contributed by atoms with Crippen molar-refractivity contribution in [2.24, 2.45) is 34.5 Å². The van der Waals surface area contributed by atoms with Gasteiger partial charge < -0.3 is 13.9 Å². The molecule has 0 amide bonds. The number of ether oxygens (including phenoxy) is 2. The van der Waals surface area contributed by atoms with Gasteiger partial charge in [-0.05, 0) is 124 Å². The van der Waals surface area contributed by atoms with E-state index in [0.29, 0.717) is 29.8 Å². The number of rotatable bonds is 2. The Morgan fingerprint density at radius 1 is 0.943 bits per heavy atom. The summed E-state index contributed by atoms with van der Waals surface area (Å²) in [6, 6.07) is 0. The lowest BCUT2D eigenvalue weighted by Crippen LogP contribution is -2.63. The van der Waals surface area contributed by atoms with Gasteiger partial charge in [0.1, 0.15) is 0 Å². The summed E-state index contributed by atoms with van der Waals surface area (Å²) < 4.78 is 35.2. The average molecular weight is 507 g/mol. The second-order valence-corrected chi connectivity index (χ2v) is 20.0. The van der Waals surface area contributed by atoms with E-state index in [1.54, 1.807) is 6.92 Å². The molecule has 5 aliphatic rings. The summed E-state index contributed by atoms with van der Waals surface area (Å²) in [5, 5.41) is 0.221. The highest BCUT2D eigenvalue weighted by Crippen LogP contribution is 2.69. The van der Waals surface area contributed by atoms with Crippen LogP contribution in [0.3, 0.4) is 0 Å². The second kappa shape index (κ2) is 8.13. The number of hydrogen-bond acceptors (Lipinski definition) is 3. The summed E-state index contributed by atoms with van der Waals surface area (Å²) in [4.78, 5) is 0. The SMILES string of the molecule is CC(F)=C1CCC2C3C(CC[C@]12C)[C@@]1(C)CC[C@H](O[Si](C)(C)C(C)(C)C)CC1[C@H]1OC(C)(C)O[C@H]31. The van der Waals surface area contributed by atoms with Crippen molar-refractivity contribution >= 4 is 8.32 Å². The Labute approximate surface area is 215 Å². The van der Waals surface area contributed by atoms with Crippen LogP contribution in [0.25, 0.3) is 0 Å². The summed E-state index contributed by atoms with van der Waals surface area (Å²) in [5.41, 5.74) is 1.31. The highest BCUT2D eigenvalue weighted by Gasteiger charge is 2.68. The molecule has 0 aromatic carbocycles. The van der Waals surface area contributed by atoms with Crippen molar-refractivity contribution in [3.8, 4) is 0 Å². The largest absolute Gasteiger partial charge is 0.414 e. The van der Waals surface area contributed by atoms with Gasteiger partial charge in [0.15, 0.2) is 14.1 Å². The molecule has 9 atom stereocenters. The molecule has 0 spiro atoms. The van der Waals surface area contributed by atoms with Crippen LogP contribution < -0.4 is 0 Å². The van der Waals surface area contributed by atoms with Crippen LogP contribution >= 0.6 is 0 Å². The topological polar surface area (TPSA) is 27.7 Å². The van der Waals surface area contributed by atoms with E-state index in [2.05, 4.69) is 61.6 Å². The predicted octanol–water partition coefficient (Wildman–Crippen LogP) is 8.40. The van der Waals surface area contributed by atoms with Crippen LogP contribution in [0.2, 0.25) is 18.1 Å².